The van der Waals surface area contributed by atoms with Gasteiger partial charge in [0.25, 0.3) is 0 Å². The van der Waals surface area contributed by atoms with Crippen LogP contribution in [0, 0.1) is 0 Å². The van der Waals surface area contributed by atoms with Crippen molar-refractivity contribution in [3.05, 3.63) is 0 Å². The number of hydrogen-bond acceptors (Lipinski definition) is 5. The van der Waals surface area contributed by atoms with E-state index in [1.54, 1.807) is 0 Å². The molecule has 2 aliphatic heterocycles. The highest BCUT2D eigenvalue weighted by atomic mass is 17.5. The van der Waals surface area contributed by atoms with Gasteiger partial charge in [0.1, 0.15) is 12.2 Å². The van der Waals surface area contributed by atoms with Crippen molar-refractivity contribution in [2.75, 3.05) is 19.8 Å². The molecule has 0 saturated carbocycles. The van der Waals surface area contributed by atoms with Gasteiger partial charge in [-0.1, -0.05) is 18.4 Å². The van der Waals surface area contributed by atoms with Gasteiger partial charge < -0.3 is 9.47 Å². The predicted molar refractivity (Wildman–Crippen MR) is 50.9 cm³/mol. The minimum absolute atomic E-state index is 0.0163. The van der Waals surface area contributed by atoms with E-state index in [-0.39, 0.29) is 12.2 Å². The quantitative estimate of drug-likeness (QED) is 0.495. The topological polar surface area (TPSA) is 49.5 Å². The molecule has 5 heteroatoms. The maximum absolute atomic E-state index is 5.76. The van der Waals surface area contributed by atoms with Gasteiger partial charge in [0.15, 0.2) is 0 Å². The van der Waals surface area contributed by atoms with Crippen molar-refractivity contribution in [2.24, 2.45) is 0 Å². The normalized spacial score (nSPS) is 32.6. The van der Waals surface area contributed by atoms with Crippen LogP contribution in [0.25, 0.3) is 0 Å². The van der Waals surface area contributed by atoms with Gasteiger partial charge in [0.2, 0.25) is 0 Å². The van der Waals surface area contributed by atoms with Crippen LogP contribution in [0.15, 0.2) is 0 Å². The molecule has 5 nitrogen and oxygen atoms in total. The Morgan fingerprint density at radius 2 is 2.33 bits per heavy atom. The second kappa shape index (κ2) is 5.77. The molecule has 2 rings (SSSR count). The number of rotatable bonds is 6. The first-order valence-corrected chi connectivity index (χ1v) is 5.58. The average Bonchev–Trinajstić information content (AvgIpc) is 3.09. The van der Waals surface area contributed by atoms with Gasteiger partial charge in [-0.15, -0.1) is 0 Å². The Morgan fingerprint density at radius 1 is 1.47 bits per heavy atom. The van der Waals surface area contributed by atoms with Gasteiger partial charge in [-0.25, -0.2) is 4.89 Å². The molecule has 0 spiro atoms. The molecular weight excluding hydrogens is 200 g/mol. The predicted octanol–water partition coefficient (Wildman–Crippen LogP) is 1.22. The Kier molecular flexibility index (Phi) is 4.34. The first-order chi connectivity index (χ1) is 7.40. The summed E-state index contributed by atoms with van der Waals surface area (Å²) in [5.74, 6) is 0. The van der Waals surface area contributed by atoms with E-state index < -0.39 is 0 Å². The highest BCUT2D eigenvalue weighted by Gasteiger charge is 2.30. The lowest BCUT2D eigenvalue weighted by Gasteiger charge is -2.27. The van der Waals surface area contributed by atoms with E-state index in [0.717, 1.165) is 25.9 Å². The van der Waals surface area contributed by atoms with Crippen LogP contribution in [0.3, 0.4) is 0 Å². The van der Waals surface area contributed by atoms with Crippen molar-refractivity contribution < 1.29 is 24.3 Å². The summed E-state index contributed by atoms with van der Waals surface area (Å²) in [6.07, 6.45) is 3.22. The highest BCUT2D eigenvalue weighted by molar-refractivity contribution is 4.74. The van der Waals surface area contributed by atoms with Crippen molar-refractivity contribution >= 4 is 0 Å². The third-order valence-corrected chi connectivity index (χ3v) is 2.58. The molecule has 0 aliphatic carbocycles. The largest absolute Gasteiger partial charge is 0.373 e. The van der Waals surface area contributed by atoms with Gasteiger partial charge in [-0.2, -0.15) is 4.89 Å². The van der Waals surface area contributed by atoms with E-state index in [9.17, 15) is 0 Å². The standard InChI is InChI=1S/C10H18O5/c1-2-3-9(12-7-8-6-11-8)10-4-5-13-15-14-10/h8-10H,2-7H2,1H3. The van der Waals surface area contributed by atoms with Gasteiger partial charge in [-0.3, -0.25) is 0 Å². The van der Waals surface area contributed by atoms with Crippen molar-refractivity contribution in [3.63, 3.8) is 0 Å². The molecular formula is C10H18O5. The number of hydrogen-bond donors (Lipinski definition) is 0. The second-order valence-corrected chi connectivity index (χ2v) is 3.93. The Bertz CT molecular complexity index is 177. The molecule has 15 heavy (non-hydrogen) atoms. The molecule has 0 aromatic rings. The summed E-state index contributed by atoms with van der Waals surface area (Å²) >= 11 is 0. The monoisotopic (exact) mass is 218 g/mol. The van der Waals surface area contributed by atoms with E-state index in [1.807, 2.05) is 0 Å². The minimum atomic E-state index is -0.0163. The van der Waals surface area contributed by atoms with Gasteiger partial charge >= 0.3 is 0 Å². The summed E-state index contributed by atoms with van der Waals surface area (Å²) in [5.41, 5.74) is 0. The molecule has 0 aromatic carbocycles. The Labute approximate surface area is 89.4 Å². The molecule has 0 N–H and O–H groups in total. The molecule has 0 bridgehead atoms. The molecule has 2 fully saturated rings. The third kappa shape index (κ3) is 3.70. The number of ether oxygens (including phenoxy) is 2. The summed E-state index contributed by atoms with van der Waals surface area (Å²) in [7, 11) is 0. The summed E-state index contributed by atoms with van der Waals surface area (Å²) < 4.78 is 10.9. The van der Waals surface area contributed by atoms with Crippen molar-refractivity contribution in [1.82, 2.24) is 0 Å². The summed E-state index contributed by atoms with van der Waals surface area (Å²) in [6.45, 7) is 4.17. The zero-order chi connectivity index (χ0) is 10.5. The van der Waals surface area contributed by atoms with E-state index in [1.165, 1.54) is 0 Å². The van der Waals surface area contributed by atoms with Crippen LogP contribution in [0.2, 0.25) is 0 Å². The number of epoxide rings is 1. The van der Waals surface area contributed by atoms with Gasteiger partial charge in [0.05, 0.1) is 25.9 Å². The van der Waals surface area contributed by atoms with E-state index in [4.69, 9.17) is 14.4 Å². The molecule has 2 aliphatic rings. The zero-order valence-corrected chi connectivity index (χ0v) is 9.02. The second-order valence-electron chi connectivity index (χ2n) is 3.93. The van der Waals surface area contributed by atoms with Gasteiger partial charge in [-0.05, 0) is 6.42 Å². The van der Waals surface area contributed by atoms with Crippen LogP contribution < -0.4 is 0 Å². The minimum Gasteiger partial charge on any atom is -0.373 e. The fourth-order valence-electron chi connectivity index (χ4n) is 1.63. The van der Waals surface area contributed by atoms with Crippen LogP contribution in [0.5, 0.6) is 0 Å². The van der Waals surface area contributed by atoms with Crippen LogP contribution in [0.1, 0.15) is 26.2 Å². The van der Waals surface area contributed by atoms with Crippen LogP contribution in [-0.4, -0.2) is 38.1 Å². The molecule has 0 radical (unpaired) electrons. The highest BCUT2D eigenvalue weighted by Crippen LogP contribution is 2.20. The Morgan fingerprint density at radius 3 is 2.93 bits per heavy atom. The van der Waals surface area contributed by atoms with Crippen LogP contribution >= 0.6 is 0 Å². The van der Waals surface area contributed by atoms with Gasteiger partial charge in [0, 0.05) is 6.42 Å². The lowest BCUT2D eigenvalue weighted by Crippen LogP contribution is -2.36. The van der Waals surface area contributed by atoms with Crippen molar-refractivity contribution in [3.8, 4) is 0 Å². The van der Waals surface area contributed by atoms with Crippen LogP contribution in [-0.2, 0) is 24.3 Å². The fraction of sp³-hybridized carbons (Fsp3) is 1.00. The first-order valence-electron chi connectivity index (χ1n) is 5.58. The SMILES string of the molecule is CCCC(OCC1CO1)C1CCOOO1. The summed E-state index contributed by atoms with van der Waals surface area (Å²) in [5, 5.41) is 4.52. The lowest BCUT2D eigenvalue weighted by molar-refractivity contribution is -0.554. The molecule has 3 atom stereocenters. The summed E-state index contributed by atoms with van der Waals surface area (Å²) in [4.78, 5) is 9.72. The van der Waals surface area contributed by atoms with Crippen LogP contribution in [0.4, 0.5) is 0 Å². The fourth-order valence-corrected chi connectivity index (χ4v) is 1.63. The molecule has 2 saturated heterocycles. The molecule has 0 aromatic heterocycles. The molecule has 3 unspecified atom stereocenters. The lowest BCUT2D eigenvalue weighted by atomic mass is 10.1. The smallest absolute Gasteiger partial charge is 0.124 e. The molecule has 88 valence electrons. The van der Waals surface area contributed by atoms with E-state index >= 15 is 0 Å². The Balaban J connectivity index is 1.74. The maximum Gasteiger partial charge on any atom is 0.124 e. The third-order valence-electron chi connectivity index (χ3n) is 2.58. The zero-order valence-electron chi connectivity index (χ0n) is 9.02. The maximum atomic E-state index is 5.76. The summed E-state index contributed by atoms with van der Waals surface area (Å²) in [6, 6.07) is 0. The Hall–Kier alpha value is -0.200. The van der Waals surface area contributed by atoms with E-state index in [0.29, 0.717) is 19.3 Å². The van der Waals surface area contributed by atoms with Crippen molar-refractivity contribution in [2.45, 2.75) is 44.5 Å². The average molecular weight is 218 g/mol. The van der Waals surface area contributed by atoms with E-state index in [2.05, 4.69) is 16.8 Å². The van der Waals surface area contributed by atoms with Crippen molar-refractivity contribution in [1.29, 1.82) is 0 Å². The molecule has 0 amide bonds. The first kappa shape index (κ1) is 11.3. The molecule has 2 heterocycles.